The predicted molar refractivity (Wildman–Crippen MR) is 77.1 cm³/mol. The van der Waals surface area contributed by atoms with Gasteiger partial charge in [-0.25, -0.2) is 17.5 Å². The Morgan fingerprint density at radius 1 is 1.25 bits per heavy atom. The van der Waals surface area contributed by atoms with E-state index in [2.05, 4.69) is 32.4 Å². The molecule has 20 heavy (non-hydrogen) atoms. The number of anilines is 1. The van der Waals surface area contributed by atoms with E-state index in [1.807, 2.05) is 0 Å². The van der Waals surface area contributed by atoms with Crippen LogP contribution in [0.15, 0.2) is 23.1 Å². The summed E-state index contributed by atoms with van der Waals surface area (Å²) >= 11 is 0. The van der Waals surface area contributed by atoms with Gasteiger partial charge in [0.15, 0.2) is 0 Å². The first-order chi connectivity index (χ1) is 9.00. The number of hydrogen-bond acceptors (Lipinski definition) is 3. The predicted octanol–water partition coefficient (Wildman–Crippen LogP) is 2.37. The highest BCUT2D eigenvalue weighted by molar-refractivity contribution is 7.89. The number of halogens is 1. The Hall–Kier alpha value is -1.14. The van der Waals surface area contributed by atoms with Crippen LogP contribution < -0.4 is 10.5 Å². The highest BCUT2D eigenvalue weighted by atomic mass is 32.2. The maximum absolute atomic E-state index is 13.7. The molecule has 2 rings (SSSR count). The van der Waals surface area contributed by atoms with Gasteiger partial charge >= 0.3 is 0 Å². The maximum Gasteiger partial charge on any atom is 0.243 e. The Morgan fingerprint density at radius 3 is 2.25 bits per heavy atom. The fraction of sp³-hybridized carbons (Fsp3) is 0.571. The van der Waals surface area contributed by atoms with Crippen LogP contribution in [-0.2, 0) is 10.0 Å². The first-order valence-corrected chi connectivity index (χ1v) is 8.03. The molecule has 1 aromatic rings. The molecule has 6 heteroatoms. The van der Waals surface area contributed by atoms with Crippen molar-refractivity contribution in [1.82, 2.24) is 4.72 Å². The third kappa shape index (κ3) is 2.31. The van der Waals surface area contributed by atoms with Gasteiger partial charge in [-0.1, -0.05) is 27.7 Å². The van der Waals surface area contributed by atoms with Gasteiger partial charge in [0.25, 0.3) is 0 Å². The molecule has 0 saturated heterocycles. The summed E-state index contributed by atoms with van der Waals surface area (Å²) in [6.07, 6.45) is 0. The Balaban J connectivity index is 2.14. The molecule has 3 N–H and O–H groups in total. The minimum absolute atomic E-state index is 0.0786. The second kappa shape index (κ2) is 4.43. The minimum atomic E-state index is -3.84. The van der Waals surface area contributed by atoms with Crippen LogP contribution in [0.25, 0.3) is 0 Å². The fourth-order valence-electron chi connectivity index (χ4n) is 2.85. The summed E-state index contributed by atoms with van der Waals surface area (Å²) in [6.45, 7) is 8.74. The van der Waals surface area contributed by atoms with Gasteiger partial charge in [-0.05, 0) is 34.9 Å². The molecule has 0 heterocycles. The van der Waals surface area contributed by atoms with Crippen molar-refractivity contribution in [2.24, 2.45) is 16.7 Å². The molecule has 1 saturated carbocycles. The largest absolute Gasteiger partial charge is 0.399 e. The fourth-order valence-corrected chi connectivity index (χ4v) is 3.95. The van der Waals surface area contributed by atoms with Gasteiger partial charge in [0.2, 0.25) is 10.0 Å². The number of nitrogens with one attached hydrogen (secondary N) is 1. The standard InChI is InChI=1S/C14H21FN2O2S/c1-13(2)12(14(13,3)4)8-17-20(18,19)11-6-5-9(16)7-10(11)15/h5-7,12,17H,8,16H2,1-4H3. The molecular formula is C14H21FN2O2S. The molecule has 0 bridgehead atoms. The van der Waals surface area contributed by atoms with Crippen LogP contribution >= 0.6 is 0 Å². The van der Waals surface area contributed by atoms with Gasteiger partial charge in [-0.2, -0.15) is 0 Å². The Kier molecular flexibility index (Phi) is 3.38. The molecule has 0 radical (unpaired) electrons. The van der Waals surface area contributed by atoms with Gasteiger partial charge < -0.3 is 5.73 Å². The van der Waals surface area contributed by atoms with Crippen LogP contribution in [0.4, 0.5) is 10.1 Å². The molecule has 0 unspecified atom stereocenters. The molecule has 1 fully saturated rings. The van der Waals surface area contributed by atoms with E-state index in [1.165, 1.54) is 12.1 Å². The molecule has 0 aliphatic heterocycles. The van der Waals surface area contributed by atoms with E-state index in [9.17, 15) is 12.8 Å². The summed E-state index contributed by atoms with van der Waals surface area (Å²) < 4.78 is 40.4. The molecule has 1 aromatic carbocycles. The second-order valence-electron chi connectivity index (χ2n) is 6.54. The molecule has 0 amide bonds. The quantitative estimate of drug-likeness (QED) is 0.839. The Bertz CT molecular complexity index is 625. The first kappa shape index (κ1) is 15.3. The van der Waals surface area contributed by atoms with Crippen molar-refractivity contribution >= 4 is 15.7 Å². The smallest absolute Gasteiger partial charge is 0.243 e. The number of rotatable bonds is 4. The summed E-state index contributed by atoms with van der Waals surface area (Å²) in [5, 5.41) is 0. The molecule has 1 aliphatic carbocycles. The van der Waals surface area contributed by atoms with Crippen molar-refractivity contribution in [2.45, 2.75) is 32.6 Å². The lowest BCUT2D eigenvalue weighted by atomic mass is 10.0. The summed E-state index contributed by atoms with van der Waals surface area (Å²) in [5.41, 5.74) is 5.78. The summed E-state index contributed by atoms with van der Waals surface area (Å²) in [7, 11) is -3.84. The number of hydrogen-bond donors (Lipinski definition) is 2. The second-order valence-corrected chi connectivity index (χ2v) is 8.27. The summed E-state index contributed by atoms with van der Waals surface area (Å²) in [5.74, 6) is -0.589. The Morgan fingerprint density at radius 2 is 1.80 bits per heavy atom. The molecule has 1 aliphatic rings. The van der Waals surface area contributed by atoms with Crippen molar-refractivity contribution < 1.29 is 12.8 Å². The molecule has 0 atom stereocenters. The van der Waals surface area contributed by atoms with Crippen LogP contribution in [0.3, 0.4) is 0 Å². The lowest BCUT2D eigenvalue weighted by Gasteiger charge is -2.09. The third-order valence-electron chi connectivity index (χ3n) is 5.04. The van der Waals surface area contributed by atoms with Gasteiger partial charge in [0.05, 0.1) is 0 Å². The van der Waals surface area contributed by atoms with Crippen molar-refractivity contribution in [3.63, 3.8) is 0 Å². The van der Waals surface area contributed by atoms with E-state index in [4.69, 9.17) is 5.73 Å². The van der Waals surface area contributed by atoms with Crippen LogP contribution in [0.2, 0.25) is 0 Å². The van der Waals surface area contributed by atoms with Crippen LogP contribution in [0.5, 0.6) is 0 Å². The van der Waals surface area contributed by atoms with Crippen molar-refractivity contribution in [2.75, 3.05) is 12.3 Å². The molecular weight excluding hydrogens is 279 g/mol. The van der Waals surface area contributed by atoms with Crippen molar-refractivity contribution in [3.05, 3.63) is 24.0 Å². The first-order valence-electron chi connectivity index (χ1n) is 6.55. The zero-order valence-corrected chi connectivity index (χ0v) is 13.0. The minimum Gasteiger partial charge on any atom is -0.399 e. The van der Waals surface area contributed by atoms with Crippen LogP contribution in [0.1, 0.15) is 27.7 Å². The molecule has 4 nitrogen and oxygen atoms in total. The topological polar surface area (TPSA) is 72.2 Å². The Labute approximate surface area is 119 Å². The average molecular weight is 300 g/mol. The number of nitrogen functional groups attached to an aromatic ring is 1. The maximum atomic E-state index is 13.7. The zero-order valence-electron chi connectivity index (χ0n) is 12.2. The van der Waals surface area contributed by atoms with Gasteiger partial charge in [0, 0.05) is 12.2 Å². The van der Waals surface area contributed by atoms with Crippen LogP contribution in [0, 0.1) is 22.6 Å². The summed E-state index contributed by atoms with van der Waals surface area (Å²) in [4.78, 5) is -0.358. The van der Waals surface area contributed by atoms with Gasteiger partial charge in [0.1, 0.15) is 10.7 Å². The monoisotopic (exact) mass is 300 g/mol. The van der Waals surface area contributed by atoms with Gasteiger partial charge in [-0.15, -0.1) is 0 Å². The zero-order chi connectivity index (χ0) is 15.3. The van der Waals surface area contributed by atoms with Gasteiger partial charge in [-0.3, -0.25) is 0 Å². The third-order valence-corrected chi connectivity index (χ3v) is 6.50. The van der Waals surface area contributed by atoms with E-state index in [0.717, 1.165) is 6.07 Å². The van der Waals surface area contributed by atoms with E-state index < -0.39 is 15.8 Å². The van der Waals surface area contributed by atoms with E-state index in [-0.39, 0.29) is 27.3 Å². The highest BCUT2D eigenvalue weighted by Crippen LogP contribution is 2.67. The summed E-state index contributed by atoms with van der Waals surface area (Å²) in [6, 6.07) is 3.58. The lowest BCUT2D eigenvalue weighted by molar-refractivity contribution is 0.457. The van der Waals surface area contributed by atoms with E-state index in [0.29, 0.717) is 6.54 Å². The lowest BCUT2D eigenvalue weighted by Crippen LogP contribution is -2.28. The highest BCUT2D eigenvalue weighted by Gasteiger charge is 2.64. The van der Waals surface area contributed by atoms with Crippen molar-refractivity contribution in [1.29, 1.82) is 0 Å². The molecule has 112 valence electrons. The molecule has 0 aromatic heterocycles. The molecule has 0 spiro atoms. The van der Waals surface area contributed by atoms with E-state index >= 15 is 0 Å². The van der Waals surface area contributed by atoms with Crippen molar-refractivity contribution in [3.8, 4) is 0 Å². The average Bonchev–Trinajstić information content (AvgIpc) is 2.66. The SMILES string of the molecule is CC1(C)C(CNS(=O)(=O)c2ccc(N)cc2F)C1(C)C. The van der Waals surface area contributed by atoms with Crippen LogP contribution in [-0.4, -0.2) is 15.0 Å². The number of sulfonamides is 1. The normalized spacial score (nSPS) is 20.9. The van der Waals surface area contributed by atoms with E-state index in [1.54, 1.807) is 0 Å². The number of benzene rings is 1. The number of nitrogens with two attached hydrogens (primary N) is 1.